The number of halogens is 3. The summed E-state index contributed by atoms with van der Waals surface area (Å²) in [5.74, 6) is -0.984. The first-order chi connectivity index (χ1) is 13.6. The van der Waals surface area contributed by atoms with Gasteiger partial charge in [-0.1, -0.05) is 42.2 Å². The maximum atomic E-state index is 13.2. The van der Waals surface area contributed by atoms with Gasteiger partial charge in [0.05, 0.1) is 28.8 Å². The van der Waals surface area contributed by atoms with Crippen LogP contribution in [0.4, 0.5) is 18.9 Å². The van der Waals surface area contributed by atoms with Crippen molar-refractivity contribution in [2.45, 2.75) is 13.1 Å². The largest absolute Gasteiger partial charge is 0.465 e. The second-order valence-corrected chi connectivity index (χ2v) is 7.75. The van der Waals surface area contributed by atoms with Gasteiger partial charge in [-0.2, -0.15) is 13.2 Å². The lowest BCUT2D eigenvalue weighted by atomic mass is 10.1. The van der Waals surface area contributed by atoms with E-state index in [2.05, 4.69) is 4.74 Å². The fourth-order valence-corrected chi connectivity index (χ4v) is 4.12. The van der Waals surface area contributed by atoms with Gasteiger partial charge in [-0.05, 0) is 48.4 Å². The molecule has 2 aromatic rings. The van der Waals surface area contributed by atoms with Crippen molar-refractivity contribution in [1.29, 1.82) is 0 Å². The monoisotopic (exact) mass is 437 g/mol. The molecule has 1 saturated heterocycles. The Balaban J connectivity index is 1.93. The van der Waals surface area contributed by atoms with E-state index in [1.165, 1.54) is 26.2 Å². The highest BCUT2D eigenvalue weighted by Crippen LogP contribution is 2.41. The van der Waals surface area contributed by atoms with Gasteiger partial charge >= 0.3 is 12.1 Å². The summed E-state index contributed by atoms with van der Waals surface area (Å²) in [6, 6.07) is 10.0. The third kappa shape index (κ3) is 4.20. The molecule has 0 aliphatic carbocycles. The Morgan fingerprint density at radius 2 is 1.83 bits per heavy atom. The first kappa shape index (κ1) is 21.1. The normalized spacial score (nSPS) is 15.9. The Morgan fingerprint density at radius 3 is 2.41 bits per heavy atom. The number of amides is 1. The van der Waals surface area contributed by atoms with E-state index >= 15 is 0 Å². The number of methoxy groups -OCH3 is 1. The second-order valence-electron chi connectivity index (χ2n) is 6.08. The number of alkyl halides is 3. The van der Waals surface area contributed by atoms with E-state index in [1.54, 1.807) is 30.3 Å². The summed E-state index contributed by atoms with van der Waals surface area (Å²) in [5.41, 5.74) is 0.217. The average molecular weight is 437 g/mol. The number of rotatable bonds is 3. The van der Waals surface area contributed by atoms with Crippen molar-refractivity contribution in [3.63, 3.8) is 0 Å². The van der Waals surface area contributed by atoms with Gasteiger partial charge in [0.15, 0.2) is 4.32 Å². The van der Waals surface area contributed by atoms with Crippen molar-refractivity contribution in [2.24, 2.45) is 0 Å². The van der Waals surface area contributed by atoms with E-state index in [9.17, 15) is 22.8 Å². The molecule has 0 radical (unpaired) electrons. The smallest absolute Gasteiger partial charge is 0.416 e. The SMILES string of the molecule is COC(=O)c1ccc(/C=C2\SC(=S)N(c3cccc(C(F)(F)F)c3C)C2=O)cc1. The number of ether oxygens (including phenoxy) is 1. The van der Waals surface area contributed by atoms with Crippen LogP contribution in [0.2, 0.25) is 0 Å². The van der Waals surface area contributed by atoms with Crippen molar-refractivity contribution < 1.29 is 27.5 Å². The summed E-state index contributed by atoms with van der Waals surface area (Å²) in [6.45, 7) is 1.31. The number of nitrogens with zero attached hydrogens (tertiary/aromatic N) is 1. The highest BCUT2D eigenvalue weighted by atomic mass is 32.2. The number of hydrogen-bond acceptors (Lipinski definition) is 5. The fraction of sp³-hybridized carbons (Fsp3) is 0.150. The minimum absolute atomic E-state index is 0.0695. The minimum Gasteiger partial charge on any atom is -0.465 e. The van der Waals surface area contributed by atoms with Crippen LogP contribution >= 0.6 is 24.0 Å². The molecule has 1 fully saturated rings. The number of benzene rings is 2. The van der Waals surface area contributed by atoms with Crippen LogP contribution in [0.5, 0.6) is 0 Å². The molecule has 0 N–H and O–H groups in total. The van der Waals surface area contributed by atoms with Crippen LogP contribution in [-0.4, -0.2) is 23.3 Å². The van der Waals surface area contributed by atoms with Gasteiger partial charge in [-0.15, -0.1) is 0 Å². The number of thioether (sulfide) groups is 1. The molecule has 1 aliphatic heterocycles. The van der Waals surface area contributed by atoms with E-state index < -0.39 is 23.6 Å². The first-order valence-electron chi connectivity index (χ1n) is 8.26. The van der Waals surface area contributed by atoms with E-state index in [0.29, 0.717) is 11.1 Å². The van der Waals surface area contributed by atoms with Crippen molar-refractivity contribution >= 4 is 51.9 Å². The molecule has 29 heavy (non-hydrogen) atoms. The Labute approximate surface area is 174 Å². The van der Waals surface area contributed by atoms with Gasteiger partial charge in [0.25, 0.3) is 5.91 Å². The molecule has 0 aromatic heterocycles. The fourth-order valence-electron chi connectivity index (χ4n) is 2.83. The molecule has 4 nitrogen and oxygen atoms in total. The van der Waals surface area contributed by atoms with Crippen molar-refractivity contribution in [3.8, 4) is 0 Å². The molecule has 2 aromatic carbocycles. The number of hydrogen-bond donors (Lipinski definition) is 0. The summed E-state index contributed by atoms with van der Waals surface area (Å²) in [4.78, 5) is 25.7. The zero-order valence-electron chi connectivity index (χ0n) is 15.2. The van der Waals surface area contributed by atoms with Gasteiger partial charge in [0, 0.05) is 0 Å². The van der Waals surface area contributed by atoms with Crippen LogP contribution in [0, 0.1) is 6.92 Å². The lowest BCUT2D eigenvalue weighted by Crippen LogP contribution is -2.29. The lowest BCUT2D eigenvalue weighted by molar-refractivity contribution is -0.138. The number of carbonyl (C=O) groups excluding carboxylic acids is 2. The van der Waals surface area contributed by atoms with Gasteiger partial charge in [0.2, 0.25) is 0 Å². The molecule has 1 amide bonds. The summed E-state index contributed by atoms with van der Waals surface area (Å²) < 4.78 is 44.4. The number of esters is 1. The van der Waals surface area contributed by atoms with Crippen molar-refractivity contribution in [2.75, 3.05) is 12.0 Å². The second kappa shape index (κ2) is 8.00. The Kier molecular flexibility index (Phi) is 5.81. The molecule has 1 aliphatic rings. The van der Waals surface area contributed by atoms with E-state index in [4.69, 9.17) is 12.2 Å². The highest BCUT2D eigenvalue weighted by molar-refractivity contribution is 8.27. The predicted octanol–water partition coefficient (Wildman–Crippen LogP) is 5.21. The maximum absolute atomic E-state index is 13.2. The van der Waals surface area contributed by atoms with Gasteiger partial charge in [-0.25, -0.2) is 4.79 Å². The molecule has 0 saturated carbocycles. The molecule has 0 bridgehead atoms. The van der Waals surface area contributed by atoms with Crippen LogP contribution in [0.1, 0.15) is 27.0 Å². The van der Waals surface area contributed by atoms with Crippen LogP contribution < -0.4 is 4.90 Å². The van der Waals surface area contributed by atoms with Crippen LogP contribution in [0.15, 0.2) is 47.4 Å². The minimum atomic E-state index is -4.53. The van der Waals surface area contributed by atoms with Crippen LogP contribution in [-0.2, 0) is 15.7 Å². The lowest BCUT2D eigenvalue weighted by Gasteiger charge is -2.20. The molecule has 0 atom stereocenters. The van der Waals surface area contributed by atoms with Crippen molar-refractivity contribution in [3.05, 3.63) is 69.6 Å². The molecule has 150 valence electrons. The summed E-state index contributed by atoms with van der Waals surface area (Å²) in [5, 5.41) is 0. The van der Waals surface area contributed by atoms with Crippen LogP contribution in [0.3, 0.4) is 0 Å². The third-order valence-electron chi connectivity index (χ3n) is 4.27. The van der Waals surface area contributed by atoms with Gasteiger partial charge < -0.3 is 4.74 Å². The molecule has 1 heterocycles. The van der Waals surface area contributed by atoms with Crippen molar-refractivity contribution in [1.82, 2.24) is 0 Å². The van der Waals surface area contributed by atoms with E-state index in [-0.39, 0.29) is 20.5 Å². The standard InChI is InChI=1S/C20H14F3NO3S2/c1-11-14(20(21,22)23)4-3-5-15(11)24-17(25)16(29-19(24)28)10-12-6-8-13(9-7-12)18(26)27-2/h3-10H,1-2H3/b16-10-. The average Bonchev–Trinajstić information content (AvgIpc) is 2.94. The van der Waals surface area contributed by atoms with Crippen LogP contribution in [0.25, 0.3) is 6.08 Å². The van der Waals surface area contributed by atoms with Gasteiger partial charge in [-0.3, -0.25) is 9.69 Å². The Morgan fingerprint density at radius 1 is 1.17 bits per heavy atom. The van der Waals surface area contributed by atoms with Gasteiger partial charge in [0.1, 0.15) is 0 Å². The predicted molar refractivity (Wildman–Crippen MR) is 110 cm³/mol. The number of carbonyl (C=O) groups is 2. The maximum Gasteiger partial charge on any atom is 0.416 e. The van der Waals surface area contributed by atoms with E-state index in [1.807, 2.05) is 0 Å². The highest BCUT2D eigenvalue weighted by Gasteiger charge is 2.38. The zero-order valence-corrected chi connectivity index (χ0v) is 16.9. The summed E-state index contributed by atoms with van der Waals surface area (Å²) in [7, 11) is 1.28. The Bertz CT molecular complexity index is 1030. The number of thiocarbonyl (C=S) groups is 1. The van der Waals surface area contributed by atoms with E-state index in [0.717, 1.165) is 22.7 Å². The summed E-state index contributed by atoms with van der Waals surface area (Å²) >= 11 is 6.25. The first-order valence-corrected chi connectivity index (χ1v) is 9.49. The molecule has 0 spiro atoms. The zero-order chi connectivity index (χ0) is 21.3. The molecular weight excluding hydrogens is 423 g/mol. The third-order valence-corrected chi connectivity index (χ3v) is 5.58. The molecule has 9 heteroatoms. The molecular formula is C20H14F3NO3S2. The summed E-state index contributed by atoms with van der Waals surface area (Å²) in [6.07, 6.45) is -2.96. The Hall–Kier alpha value is -2.65. The number of anilines is 1. The molecule has 3 rings (SSSR count). The topological polar surface area (TPSA) is 46.6 Å². The quantitative estimate of drug-likeness (QED) is 0.375. The molecule has 0 unspecified atom stereocenters.